The Kier molecular flexibility index (Phi) is 4.34. The Labute approximate surface area is 130 Å². The highest BCUT2D eigenvalue weighted by atomic mass is 16.5. The topological polar surface area (TPSA) is 63.5 Å². The third kappa shape index (κ3) is 3.09. The van der Waals surface area contributed by atoms with Crippen molar-refractivity contribution in [2.45, 2.75) is 38.8 Å². The lowest BCUT2D eigenvalue weighted by molar-refractivity contribution is 0.0730. The van der Waals surface area contributed by atoms with Crippen molar-refractivity contribution < 1.29 is 13.9 Å². The number of hydrogen-bond acceptors (Lipinski definition) is 3. The minimum atomic E-state index is -0.183. The second kappa shape index (κ2) is 6.40. The van der Waals surface area contributed by atoms with Gasteiger partial charge in [-0.3, -0.25) is 0 Å². The van der Waals surface area contributed by atoms with Crippen molar-refractivity contribution in [2.75, 3.05) is 13.2 Å². The van der Waals surface area contributed by atoms with E-state index in [2.05, 4.69) is 10.6 Å². The standard InChI is InChI=1S/C17H22N2O3/c1-11-14-7-3-4-8-15(14)22-16(11)12(2)18-17(20)19-13-6-5-9-21-10-13/h3-4,7-8,12-13H,5-6,9-10H2,1-2H3,(H2,18,19,20)/t12-,13?/m0/s1. The summed E-state index contributed by atoms with van der Waals surface area (Å²) in [6.07, 6.45) is 1.95. The van der Waals surface area contributed by atoms with Crippen LogP contribution in [0.2, 0.25) is 0 Å². The Morgan fingerprint density at radius 2 is 2.18 bits per heavy atom. The fourth-order valence-electron chi connectivity index (χ4n) is 2.95. The Morgan fingerprint density at radius 1 is 1.36 bits per heavy atom. The number of carbonyl (C=O) groups is 1. The van der Waals surface area contributed by atoms with Crippen LogP contribution in [0.1, 0.15) is 37.1 Å². The number of fused-ring (bicyclic) bond motifs is 1. The van der Waals surface area contributed by atoms with Gasteiger partial charge in [0.05, 0.1) is 18.7 Å². The van der Waals surface area contributed by atoms with Gasteiger partial charge < -0.3 is 19.8 Å². The van der Waals surface area contributed by atoms with Crippen LogP contribution in [0.25, 0.3) is 11.0 Å². The van der Waals surface area contributed by atoms with Crippen molar-refractivity contribution in [3.8, 4) is 0 Å². The van der Waals surface area contributed by atoms with E-state index in [1.54, 1.807) is 0 Å². The van der Waals surface area contributed by atoms with Crippen LogP contribution in [0, 0.1) is 6.92 Å². The van der Waals surface area contributed by atoms with Gasteiger partial charge in [0.1, 0.15) is 11.3 Å². The summed E-state index contributed by atoms with van der Waals surface area (Å²) in [5, 5.41) is 6.99. The zero-order valence-corrected chi connectivity index (χ0v) is 13.0. The number of rotatable bonds is 3. The maximum absolute atomic E-state index is 12.1. The highest BCUT2D eigenvalue weighted by molar-refractivity contribution is 5.82. The van der Waals surface area contributed by atoms with Crippen molar-refractivity contribution in [2.24, 2.45) is 0 Å². The molecule has 3 rings (SSSR count). The molecule has 1 fully saturated rings. The molecule has 1 aliphatic heterocycles. The van der Waals surface area contributed by atoms with Crippen LogP contribution in [0.4, 0.5) is 4.79 Å². The van der Waals surface area contributed by atoms with E-state index in [1.165, 1.54) is 0 Å². The lowest BCUT2D eigenvalue weighted by Gasteiger charge is -2.24. The average molecular weight is 302 g/mol. The molecule has 1 aliphatic rings. The Bertz CT molecular complexity index is 659. The molecule has 5 nitrogen and oxygen atoms in total. The smallest absolute Gasteiger partial charge is 0.315 e. The first-order valence-electron chi connectivity index (χ1n) is 7.78. The summed E-state index contributed by atoms with van der Waals surface area (Å²) in [6, 6.07) is 7.64. The number of carbonyl (C=O) groups excluding carboxylic acids is 1. The number of ether oxygens (including phenoxy) is 1. The maximum atomic E-state index is 12.1. The summed E-state index contributed by atoms with van der Waals surface area (Å²) in [5.74, 6) is 0.802. The summed E-state index contributed by atoms with van der Waals surface area (Å²) in [5.41, 5.74) is 1.93. The highest BCUT2D eigenvalue weighted by Crippen LogP contribution is 2.29. The maximum Gasteiger partial charge on any atom is 0.315 e. The summed E-state index contributed by atoms with van der Waals surface area (Å²) in [4.78, 5) is 12.1. The van der Waals surface area contributed by atoms with Crippen LogP contribution in [-0.2, 0) is 4.74 Å². The molecule has 1 aromatic carbocycles. The normalized spacial score (nSPS) is 19.8. The molecule has 22 heavy (non-hydrogen) atoms. The molecule has 0 radical (unpaired) electrons. The van der Waals surface area contributed by atoms with E-state index >= 15 is 0 Å². The van der Waals surface area contributed by atoms with Crippen LogP contribution >= 0.6 is 0 Å². The number of benzene rings is 1. The van der Waals surface area contributed by atoms with Crippen molar-refractivity contribution in [1.29, 1.82) is 0 Å². The Hall–Kier alpha value is -2.01. The van der Waals surface area contributed by atoms with E-state index in [0.717, 1.165) is 41.7 Å². The molecule has 0 spiro atoms. The third-order valence-electron chi connectivity index (χ3n) is 4.12. The monoisotopic (exact) mass is 302 g/mol. The summed E-state index contributed by atoms with van der Waals surface area (Å²) in [7, 11) is 0. The van der Waals surface area contributed by atoms with E-state index in [9.17, 15) is 4.79 Å². The van der Waals surface area contributed by atoms with Crippen molar-refractivity contribution >= 4 is 17.0 Å². The summed E-state index contributed by atoms with van der Waals surface area (Å²) >= 11 is 0. The lowest BCUT2D eigenvalue weighted by Crippen LogP contribution is -2.46. The predicted molar refractivity (Wildman–Crippen MR) is 84.9 cm³/mol. The number of amides is 2. The van der Waals surface area contributed by atoms with Gasteiger partial charge in [-0.2, -0.15) is 0 Å². The lowest BCUT2D eigenvalue weighted by atomic mass is 10.1. The minimum absolute atomic E-state index is 0.0951. The average Bonchev–Trinajstić information content (AvgIpc) is 2.86. The van der Waals surface area contributed by atoms with Gasteiger partial charge in [0.2, 0.25) is 0 Å². The van der Waals surface area contributed by atoms with Crippen LogP contribution in [-0.4, -0.2) is 25.3 Å². The minimum Gasteiger partial charge on any atom is -0.459 e. The van der Waals surface area contributed by atoms with Gasteiger partial charge in [-0.1, -0.05) is 18.2 Å². The van der Waals surface area contributed by atoms with Gasteiger partial charge in [-0.05, 0) is 32.8 Å². The molecule has 0 saturated carbocycles. The first-order valence-corrected chi connectivity index (χ1v) is 7.78. The summed E-state index contributed by atoms with van der Waals surface area (Å²) < 4.78 is 11.3. The molecule has 1 unspecified atom stereocenters. The van der Waals surface area contributed by atoms with E-state index in [4.69, 9.17) is 9.15 Å². The van der Waals surface area contributed by atoms with E-state index < -0.39 is 0 Å². The molecule has 2 atom stereocenters. The molecule has 1 saturated heterocycles. The number of para-hydroxylation sites is 1. The molecular formula is C17H22N2O3. The molecule has 2 N–H and O–H groups in total. The quantitative estimate of drug-likeness (QED) is 0.914. The van der Waals surface area contributed by atoms with Crippen molar-refractivity contribution in [3.63, 3.8) is 0 Å². The number of furan rings is 1. The van der Waals surface area contributed by atoms with Crippen molar-refractivity contribution in [1.82, 2.24) is 10.6 Å². The van der Waals surface area contributed by atoms with Crippen LogP contribution in [0.15, 0.2) is 28.7 Å². The number of nitrogens with one attached hydrogen (secondary N) is 2. The zero-order chi connectivity index (χ0) is 15.5. The molecule has 5 heteroatoms. The van der Waals surface area contributed by atoms with Crippen molar-refractivity contribution in [3.05, 3.63) is 35.6 Å². The van der Waals surface area contributed by atoms with Gasteiger partial charge in [0, 0.05) is 17.6 Å². The fraction of sp³-hybridized carbons (Fsp3) is 0.471. The van der Waals surface area contributed by atoms with Crippen LogP contribution in [0.5, 0.6) is 0 Å². The van der Waals surface area contributed by atoms with E-state index in [1.807, 2.05) is 38.1 Å². The molecule has 2 aromatic rings. The second-order valence-corrected chi connectivity index (χ2v) is 5.84. The first-order chi connectivity index (χ1) is 10.6. The SMILES string of the molecule is Cc1c([C@H](C)NC(=O)NC2CCCOC2)oc2ccccc12. The zero-order valence-electron chi connectivity index (χ0n) is 13.0. The molecule has 0 bridgehead atoms. The molecular weight excluding hydrogens is 280 g/mol. The molecule has 1 aromatic heterocycles. The van der Waals surface area contributed by atoms with E-state index in [-0.39, 0.29) is 18.1 Å². The molecule has 0 aliphatic carbocycles. The molecule has 2 heterocycles. The first kappa shape index (κ1) is 14.9. The number of aryl methyl sites for hydroxylation is 1. The van der Waals surface area contributed by atoms with Gasteiger partial charge in [0.15, 0.2) is 0 Å². The van der Waals surface area contributed by atoms with Gasteiger partial charge in [0.25, 0.3) is 0 Å². The molecule has 2 amide bonds. The Morgan fingerprint density at radius 3 is 2.91 bits per heavy atom. The largest absolute Gasteiger partial charge is 0.459 e. The summed E-state index contributed by atoms with van der Waals surface area (Å²) in [6.45, 7) is 5.33. The highest BCUT2D eigenvalue weighted by Gasteiger charge is 2.20. The van der Waals surface area contributed by atoms with Crippen LogP contribution < -0.4 is 10.6 Å². The predicted octanol–water partition coefficient (Wildman–Crippen LogP) is 3.28. The Balaban J connectivity index is 1.66. The second-order valence-electron chi connectivity index (χ2n) is 5.84. The fourth-order valence-corrected chi connectivity index (χ4v) is 2.95. The van der Waals surface area contributed by atoms with Gasteiger partial charge in [-0.15, -0.1) is 0 Å². The van der Waals surface area contributed by atoms with E-state index in [0.29, 0.717) is 6.61 Å². The number of hydrogen-bond donors (Lipinski definition) is 2. The van der Waals surface area contributed by atoms with Gasteiger partial charge in [-0.25, -0.2) is 4.79 Å². The third-order valence-corrected chi connectivity index (χ3v) is 4.12. The van der Waals surface area contributed by atoms with Gasteiger partial charge >= 0.3 is 6.03 Å². The van der Waals surface area contributed by atoms with Crippen LogP contribution in [0.3, 0.4) is 0 Å². The molecule has 118 valence electrons. The number of urea groups is 1.